The Morgan fingerprint density at radius 3 is 1.31 bits per heavy atom. The number of benzene rings is 3. The summed E-state index contributed by atoms with van der Waals surface area (Å²) in [5.41, 5.74) is 15.1. The first kappa shape index (κ1) is 83.4. The van der Waals surface area contributed by atoms with Crippen molar-refractivity contribution >= 4 is 99.9 Å². The predicted octanol–water partition coefficient (Wildman–Crippen LogP) is -0.381. The lowest BCUT2D eigenvalue weighted by atomic mass is 9.96. The smallest absolute Gasteiger partial charge is 0.407 e. The Hall–Kier alpha value is -10.0. The van der Waals surface area contributed by atoms with Crippen molar-refractivity contribution in [2.75, 3.05) is 26.4 Å². The number of carboxylic acid groups (broad SMARTS) is 2. The number of hydrogen-bond acceptors (Lipinski definition) is 19. The number of nitrogens with two attached hydrogens (primary N) is 2. The van der Waals surface area contributed by atoms with Crippen molar-refractivity contribution in [1.82, 2.24) is 53.2 Å². The van der Waals surface area contributed by atoms with E-state index in [-0.39, 0.29) is 62.4 Å². The van der Waals surface area contributed by atoms with Gasteiger partial charge in [0.2, 0.25) is 70.1 Å². The molecule has 0 saturated carbocycles. The topological polar surface area (TPSA) is 519 Å². The van der Waals surface area contributed by atoms with Gasteiger partial charge in [-0.3, -0.25) is 67.1 Å². The molecule has 12 amide bonds. The van der Waals surface area contributed by atoms with Crippen LogP contribution in [0.3, 0.4) is 0 Å². The van der Waals surface area contributed by atoms with Crippen molar-refractivity contribution < 1.29 is 97.1 Å². The molecule has 18 N–H and O–H groups in total. The summed E-state index contributed by atoms with van der Waals surface area (Å²) in [5.74, 6) is -16.3. The lowest BCUT2D eigenvalue weighted by Gasteiger charge is -2.30. The maximum Gasteiger partial charge on any atom is 0.407 e. The molecule has 32 nitrogen and oxygen atoms in total. The highest BCUT2D eigenvalue weighted by atomic mass is 32.2. The van der Waals surface area contributed by atoms with Crippen LogP contribution in [0.1, 0.15) is 129 Å². The molecule has 101 heavy (non-hydrogen) atoms. The van der Waals surface area contributed by atoms with Gasteiger partial charge in [0.15, 0.2) is 0 Å². The number of alkyl carbamates (subject to hydrolysis) is 1. The second-order valence-corrected chi connectivity index (χ2v) is 26.9. The van der Waals surface area contributed by atoms with E-state index in [1.165, 1.54) is 6.92 Å². The molecule has 0 aromatic heterocycles. The SMILES string of the molecule is CC[C@H](C)[C@H](NC(=O)[C@H](CC(C)C)NC(=O)[C@H](CCC(=O)O)NC(=O)[C@H](CO)NC(=O)[C@H](CC(N)=O)NC(=O)OCC1c2ccccc2-c2ccccc21)C(=O)N[C@@H](CC(N)=O)C(=O)N[C@@H](CO)C(=O)N[C@@H](CC(C)C)C(=O)N[C@@H](CC(C)C)C(=O)NCC(=O)Sc1ccc(CC(=O)O)cc1. The fourth-order valence-corrected chi connectivity index (χ4v) is 11.5. The zero-order chi connectivity index (χ0) is 75.4. The number of rotatable bonds is 42. The second kappa shape index (κ2) is 40.9. The quantitative estimate of drug-likeness (QED) is 0.0321. The number of carbonyl (C=O) groups excluding carboxylic acids is 13. The summed E-state index contributed by atoms with van der Waals surface area (Å²) in [4.78, 5) is 200. The Balaban J connectivity index is 1.45. The first-order valence-corrected chi connectivity index (χ1v) is 33.8. The van der Waals surface area contributed by atoms with E-state index < -0.39 is 194 Å². The number of hydrogen-bond donors (Lipinski definition) is 16. The van der Waals surface area contributed by atoms with Crippen LogP contribution in [0, 0.1) is 23.7 Å². The average Bonchev–Trinajstić information content (AvgIpc) is 1.62. The van der Waals surface area contributed by atoms with Gasteiger partial charge in [0.05, 0.1) is 39.0 Å². The summed E-state index contributed by atoms with van der Waals surface area (Å²) in [5, 5.41) is 63.0. The van der Waals surface area contributed by atoms with E-state index in [1.807, 2.05) is 48.5 Å². The van der Waals surface area contributed by atoms with Crippen molar-refractivity contribution in [3.63, 3.8) is 0 Å². The van der Waals surface area contributed by atoms with Crippen molar-refractivity contribution in [2.45, 2.75) is 178 Å². The number of aliphatic hydroxyl groups is 2. The number of carbonyl (C=O) groups is 15. The fraction of sp³-hybridized carbons (Fsp3) is 0.515. The monoisotopic (exact) mass is 1430 g/mol. The van der Waals surface area contributed by atoms with Gasteiger partial charge in [-0.1, -0.05) is 134 Å². The van der Waals surface area contributed by atoms with Crippen LogP contribution in [0.5, 0.6) is 0 Å². The summed E-state index contributed by atoms with van der Waals surface area (Å²) < 4.78 is 5.52. The maximum absolute atomic E-state index is 14.4. The molecular formula is C68H94N12O20S. The van der Waals surface area contributed by atoms with Crippen LogP contribution in [-0.4, -0.2) is 189 Å². The summed E-state index contributed by atoms with van der Waals surface area (Å²) >= 11 is 0.800. The summed E-state index contributed by atoms with van der Waals surface area (Å²) in [6.07, 6.45) is -4.34. The van der Waals surface area contributed by atoms with Gasteiger partial charge >= 0.3 is 18.0 Å². The van der Waals surface area contributed by atoms with Crippen LogP contribution in [0.2, 0.25) is 0 Å². The fourth-order valence-electron chi connectivity index (χ4n) is 10.8. The van der Waals surface area contributed by atoms with Crippen LogP contribution >= 0.6 is 11.8 Å². The van der Waals surface area contributed by atoms with E-state index >= 15 is 0 Å². The lowest BCUT2D eigenvalue weighted by Crippen LogP contribution is -2.62. The van der Waals surface area contributed by atoms with E-state index in [1.54, 1.807) is 72.7 Å². The Morgan fingerprint density at radius 2 is 0.871 bits per heavy atom. The highest BCUT2D eigenvalue weighted by Gasteiger charge is 2.38. The first-order chi connectivity index (χ1) is 47.6. The lowest BCUT2D eigenvalue weighted by molar-refractivity contribution is -0.139. The van der Waals surface area contributed by atoms with Gasteiger partial charge in [0.25, 0.3) is 0 Å². The van der Waals surface area contributed by atoms with Gasteiger partial charge in [-0.15, -0.1) is 0 Å². The number of amides is 12. The summed E-state index contributed by atoms with van der Waals surface area (Å²) in [6, 6.07) is 6.30. The summed E-state index contributed by atoms with van der Waals surface area (Å²) in [6.45, 7) is 10.6. The molecule has 0 radical (unpaired) electrons. The van der Waals surface area contributed by atoms with Crippen LogP contribution in [-0.2, 0) is 78.3 Å². The molecule has 0 bridgehead atoms. The van der Waals surface area contributed by atoms with Crippen LogP contribution in [0.15, 0.2) is 77.7 Å². The zero-order valence-electron chi connectivity index (χ0n) is 57.6. The molecule has 33 heteroatoms. The third-order valence-electron chi connectivity index (χ3n) is 16.0. The average molecular weight is 1430 g/mol. The zero-order valence-corrected chi connectivity index (χ0v) is 58.4. The molecule has 1 aliphatic carbocycles. The molecule has 0 saturated heterocycles. The number of carboxylic acids is 2. The second-order valence-electron chi connectivity index (χ2n) is 25.8. The Morgan fingerprint density at radius 1 is 0.475 bits per heavy atom. The van der Waals surface area contributed by atoms with Crippen molar-refractivity contribution in [3.05, 3.63) is 89.5 Å². The molecule has 552 valence electrons. The van der Waals surface area contributed by atoms with Crippen LogP contribution in [0.4, 0.5) is 4.79 Å². The van der Waals surface area contributed by atoms with Gasteiger partial charge in [0.1, 0.15) is 61.0 Å². The third kappa shape index (κ3) is 27.6. The number of primary amides is 2. The minimum absolute atomic E-state index is 0.0309. The van der Waals surface area contributed by atoms with Gasteiger partial charge in [-0.25, -0.2) is 4.79 Å². The van der Waals surface area contributed by atoms with Gasteiger partial charge in [0, 0.05) is 17.2 Å². The number of fused-ring (bicyclic) bond motifs is 3. The van der Waals surface area contributed by atoms with E-state index in [0.29, 0.717) is 10.5 Å². The molecule has 0 aliphatic heterocycles. The Kier molecular flexibility index (Phi) is 33.8. The van der Waals surface area contributed by atoms with Crippen molar-refractivity contribution in [1.29, 1.82) is 0 Å². The molecule has 1 aliphatic rings. The molecule has 0 heterocycles. The summed E-state index contributed by atoms with van der Waals surface area (Å²) in [7, 11) is 0. The van der Waals surface area contributed by atoms with E-state index in [4.69, 9.17) is 21.3 Å². The van der Waals surface area contributed by atoms with Gasteiger partial charge in [-0.05, 0) is 89.3 Å². The van der Waals surface area contributed by atoms with Crippen LogP contribution in [0.25, 0.3) is 11.1 Å². The standard InChI is InChI=1S/C68H94N12O20S/c1-9-37(8)58(67(98)76-49(28-53(69)83)62(93)77-52(32-82)66(97)75-47(25-35(4)5)61(92)73-46(24-34(2)3)59(90)71-30-57(89)101-39-20-18-38(19-21-39)27-56(87)88)80-64(95)48(26-36(6)7)74-60(91)45(22-23-55(85)86)72-65(96)51(31-81)78-63(94)50(29-54(70)84)79-68(99)100-33-44-42-16-12-10-14-40(42)41-15-11-13-17-43(41)44/h10-21,34-37,44-52,58,81-82H,9,22-33H2,1-8H3,(H2,69,83)(H2,70,84)(H,71,90)(H,72,96)(H,73,92)(H,74,91)(H,75,97)(H,76,98)(H,77,93)(H,78,94)(H,79,99)(H,80,95)(H,85,86)(H,87,88)/t37-,45-,46-,47-,48-,49-,50-,51-,52-,58-/m0/s1. The van der Waals surface area contributed by atoms with Crippen molar-refractivity contribution in [3.8, 4) is 11.1 Å². The minimum Gasteiger partial charge on any atom is -0.481 e. The van der Waals surface area contributed by atoms with Crippen molar-refractivity contribution in [2.24, 2.45) is 35.1 Å². The molecule has 0 spiro atoms. The van der Waals surface area contributed by atoms with Gasteiger partial charge < -0.3 is 89.8 Å². The van der Waals surface area contributed by atoms with Gasteiger partial charge in [-0.2, -0.15) is 0 Å². The number of nitrogens with one attached hydrogen (secondary N) is 10. The highest BCUT2D eigenvalue weighted by Crippen LogP contribution is 2.44. The van der Waals surface area contributed by atoms with Crippen LogP contribution < -0.4 is 64.6 Å². The molecule has 3 aromatic carbocycles. The number of ether oxygens (including phenoxy) is 1. The Labute approximate surface area is 588 Å². The molecule has 4 rings (SSSR count). The number of aliphatic hydroxyl groups excluding tert-OH is 2. The normalized spacial score (nSPS) is 14.6. The number of thioether (sulfide) groups is 1. The largest absolute Gasteiger partial charge is 0.481 e. The molecule has 3 aromatic rings. The Bertz CT molecular complexity index is 3420. The minimum atomic E-state index is -1.92. The highest BCUT2D eigenvalue weighted by molar-refractivity contribution is 8.13. The molecule has 10 atom stereocenters. The predicted molar refractivity (Wildman–Crippen MR) is 366 cm³/mol. The molecular weight excluding hydrogens is 1340 g/mol. The molecule has 0 fully saturated rings. The third-order valence-corrected chi connectivity index (χ3v) is 16.9. The molecule has 0 unspecified atom stereocenters. The van der Waals surface area contributed by atoms with E-state index in [9.17, 15) is 87.2 Å². The van der Waals surface area contributed by atoms with E-state index in [0.717, 1.165) is 34.0 Å². The first-order valence-electron chi connectivity index (χ1n) is 33.0. The van der Waals surface area contributed by atoms with E-state index in [2.05, 4.69) is 53.2 Å². The number of aliphatic carboxylic acids is 2. The maximum atomic E-state index is 14.4.